The number of carbonyl (C=O) groups excluding carboxylic acids is 10. The molecule has 41 heteroatoms. The Balaban J connectivity index is 0.000000394. The molecule has 14 atom stereocenters. The molecule has 10 N–H and O–H groups in total. The fraction of sp³-hybridized carbons (Fsp3) is 0.710. The van der Waals surface area contributed by atoms with Crippen LogP contribution in [0.1, 0.15) is 143 Å². The molecule has 2 aliphatic carbocycles. The first-order valence-corrected chi connectivity index (χ1v) is 40.1. The number of hydrogen-bond donors (Lipinski definition) is 10. The molecule has 0 aromatic carbocycles. The average Bonchev–Trinajstić information content (AvgIpc) is 1.62. The molecule has 4 amide bonds. The minimum absolute atomic E-state index is 0.0148. The number of hydrogen-bond acceptors (Lipinski definition) is 29. The molecule has 0 spiro atoms. The highest BCUT2D eigenvalue weighted by Crippen LogP contribution is 2.45. The zero-order chi connectivity index (χ0) is 81.4. The molecule has 0 bridgehead atoms. The second-order valence-electron chi connectivity index (χ2n) is 26.6. The summed E-state index contributed by atoms with van der Waals surface area (Å²) in [6.07, 6.45) is -6.32. The van der Waals surface area contributed by atoms with Gasteiger partial charge in [0.25, 0.3) is 5.91 Å². The summed E-state index contributed by atoms with van der Waals surface area (Å²) < 4.78 is 83.8. The van der Waals surface area contributed by atoms with E-state index in [0.29, 0.717) is 39.2 Å². The number of rotatable bonds is 51. The van der Waals surface area contributed by atoms with Crippen LogP contribution in [0.5, 0.6) is 0 Å². The van der Waals surface area contributed by atoms with E-state index in [0.717, 1.165) is 50.2 Å². The zero-order valence-electron chi connectivity index (χ0n) is 61.3. The number of Topliss-reactive ketones (excluding diaryl/α,β-unsaturated/α-hetero) is 5. The average molecular weight is 1640 g/mol. The van der Waals surface area contributed by atoms with Crippen molar-refractivity contribution in [2.24, 2.45) is 23.7 Å². The first-order valence-electron chi connectivity index (χ1n) is 35.9. The van der Waals surface area contributed by atoms with Gasteiger partial charge in [0.15, 0.2) is 18.8 Å². The molecule has 4 heterocycles. The van der Waals surface area contributed by atoms with Gasteiger partial charge in [-0.1, -0.05) is 13.8 Å². The highest BCUT2D eigenvalue weighted by molar-refractivity contribution is 8.04. The lowest BCUT2D eigenvalue weighted by molar-refractivity contribution is -0.147. The summed E-state index contributed by atoms with van der Waals surface area (Å²) in [5.74, 6) is -14.8. The minimum atomic E-state index is -3.91. The van der Waals surface area contributed by atoms with Crippen LogP contribution in [0.3, 0.4) is 0 Å². The monoisotopic (exact) mass is 1640 g/mol. The number of aromatic nitrogens is 4. The molecular weight excluding hydrogens is 1550 g/mol. The first kappa shape index (κ1) is 93.8. The van der Waals surface area contributed by atoms with E-state index in [2.05, 4.69) is 31.2 Å². The maximum absolute atomic E-state index is 14.4. The Morgan fingerprint density at radius 3 is 1.33 bits per heavy atom. The summed E-state index contributed by atoms with van der Waals surface area (Å²) in [5.41, 5.74) is -2.46. The van der Waals surface area contributed by atoms with E-state index >= 15 is 0 Å². The number of nitrogens with one attached hydrogen (secondary N) is 4. The van der Waals surface area contributed by atoms with Gasteiger partial charge < -0.3 is 75.6 Å². The Labute approximate surface area is 647 Å². The van der Waals surface area contributed by atoms with Crippen molar-refractivity contribution >= 4 is 129 Å². The van der Waals surface area contributed by atoms with E-state index < -0.39 is 133 Å². The normalized spacial score (nSPS) is 22.6. The number of anilines is 2. The summed E-state index contributed by atoms with van der Waals surface area (Å²) in [4.78, 5) is 178. The van der Waals surface area contributed by atoms with Crippen molar-refractivity contribution in [3.63, 3.8) is 0 Å². The number of aliphatic carboxylic acids is 2. The molecule has 2 aliphatic heterocycles. The van der Waals surface area contributed by atoms with Gasteiger partial charge in [-0.2, -0.15) is 74.6 Å². The summed E-state index contributed by atoms with van der Waals surface area (Å²) in [6.45, 7) is 4.58. The minimum Gasteiger partial charge on any atom is -0.481 e. The Bertz CT molecular complexity index is 3590. The third-order valence-corrected chi connectivity index (χ3v) is 24.8. The van der Waals surface area contributed by atoms with E-state index in [9.17, 15) is 105 Å². The van der Waals surface area contributed by atoms with Crippen molar-refractivity contribution in [3.05, 3.63) is 45.5 Å². The van der Waals surface area contributed by atoms with Crippen LogP contribution in [-0.2, 0) is 81.2 Å². The second kappa shape index (κ2) is 47.0. The number of ketones is 5. The van der Waals surface area contributed by atoms with Crippen LogP contribution in [0, 0.1) is 23.7 Å². The molecule has 2 saturated heterocycles. The lowest BCUT2D eigenvalue weighted by atomic mass is 9.99. The number of carboxylic acid groups (broad SMARTS) is 2. The summed E-state index contributed by atoms with van der Waals surface area (Å²) >= 11 is 6.33. The van der Waals surface area contributed by atoms with Crippen molar-refractivity contribution in [2.75, 3.05) is 93.0 Å². The number of aliphatic hydroxyl groups excluding tert-OH is 4. The van der Waals surface area contributed by atoms with Gasteiger partial charge in [-0.05, 0) is 64.5 Å². The van der Waals surface area contributed by atoms with Crippen molar-refractivity contribution in [1.82, 2.24) is 29.7 Å². The smallest absolute Gasteiger partial charge is 0.351 e. The van der Waals surface area contributed by atoms with Crippen LogP contribution < -0.4 is 32.6 Å². The van der Waals surface area contributed by atoms with E-state index in [1.807, 2.05) is 13.8 Å². The third-order valence-electron chi connectivity index (χ3n) is 18.1. The molecular formula is C69H98F4N8O25S4. The van der Waals surface area contributed by atoms with Crippen LogP contribution >= 0.6 is 47.0 Å². The number of amides is 4. The summed E-state index contributed by atoms with van der Waals surface area (Å²) in [5, 5.41) is 67.4. The number of nitrogens with zero attached hydrogens (tertiary/aromatic N) is 4. The molecule has 4 fully saturated rings. The van der Waals surface area contributed by atoms with E-state index in [-0.39, 0.29) is 183 Å². The molecule has 2 aromatic heterocycles. The number of carboxylic acids is 2. The Morgan fingerprint density at radius 1 is 0.536 bits per heavy atom. The second-order valence-corrected chi connectivity index (χ2v) is 31.7. The quantitative estimate of drug-likeness (QED) is 0.0258. The molecule has 33 nitrogen and oxygen atoms in total. The van der Waals surface area contributed by atoms with Crippen molar-refractivity contribution < 1.29 is 129 Å². The van der Waals surface area contributed by atoms with Crippen LogP contribution in [0.25, 0.3) is 0 Å². The van der Waals surface area contributed by atoms with Crippen LogP contribution in [0.15, 0.2) is 34.1 Å². The molecule has 616 valence electrons. The number of alkyl halides is 4. The largest absolute Gasteiger partial charge is 0.481 e. The SMILES string of the molecule is CCC(CSC1CCC1SCC(CC(=O)CCOCCC(C)=O)C(=O)NCCC(=O)CCC(=O)Nc1ccn([C@H]2O[C@@H](CO)[C@H](O)C2(F)F)c(=O)n1)C(=O)O.CCC(CSC1CCC1SCC(CC(=O)CCOCCC(C)=O)C(=O)O)C(=O)NCCC(=O)OCC(=O)Nc1ccn([C@H]2O[C@@H](CO)[C@H](O)C2(F)F)c(=O)n1. The van der Waals surface area contributed by atoms with Gasteiger partial charge >= 0.3 is 41.1 Å². The fourth-order valence-electron chi connectivity index (χ4n) is 11.0. The summed E-state index contributed by atoms with van der Waals surface area (Å²) in [7, 11) is 0. The van der Waals surface area contributed by atoms with E-state index in [1.165, 1.54) is 25.6 Å². The molecule has 8 unspecified atom stereocenters. The van der Waals surface area contributed by atoms with Gasteiger partial charge in [-0.25, -0.2) is 9.59 Å². The van der Waals surface area contributed by atoms with Gasteiger partial charge in [0, 0.05) is 133 Å². The lowest BCUT2D eigenvalue weighted by Gasteiger charge is -2.36. The molecule has 2 saturated carbocycles. The van der Waals surface area contributed by atoms with Gasteiger partial charge in [-0.3, -0.25) is 66.7 Å². The number of esters is 1. The Kier molecular flexibility index (Phi) is 40.1. The fourth-order valence-corrected chi connectivity index (χ4v) is 17.8. The predicted molar refractivity (Wildman–Crippen MR) is 393 cm³/mol. The van der Waals surface area contributed by atoms with Gasteiger partial charge in [0.1, 0.15) is 52.8 Å². The van der Waals surface area contributed by atoms with Crippen LogP contribution in [0.4, 0.5) is 29.2 Å². The van der Waals surface area contributed by atoms with Crippen molar-refractivity contribution in [2.45, 2.75) is 200 Å². The Hall–Kier alpha value is -6.80. The topological polar surface area (TPSA) is 490 Å². The highest BCUT2D eigenvalue weighted by Gasteiger charge is 2.61. The van der Waals surface area contributed by atoms with Gasteiger partial charge in [-0.15, -0.1) is 0 Å². The van der Waals surface area contributed by atoms with Crippen LogP contribution in [0.2, 0.25) is 0 Å². The molecule has 6 rings (SSSR count). The highest BCUT2D eigenvalue weighted by atomic mass is 32.2. The number of ether oxygens (including phenoxy) is 5. The lowest BCUT2D eigenvalue weighted by Crippen LogP contribution is -2.41. The van der Waals surface area contributed by atoms with Crippen LogP contribution in [-0.4, -0.2) is 260 Å². The standard InChI is InChI=1S/C35H50F2N4O12S2.C34H48F2N4O13S2/c1-3-21(32(49)50)18-54-26-5-6-27(26)55-19-22(16-24(45)11-15-52-14-10-20(2)43)31(48)38-12-8-23(44)4-7-29(46)39-28-9-13-41(34(51)40-28)33-35(36,37)30(47)25(17-42)53-33;1-3-20(17-54-24-4-5-25(24)55-18-21(31(48)49)14-22(43)9-13-51-12-8-19(2)42)30(47)37-10-6-28(45)52-16-27(44)38-26-7-11-40(33(50)39-26)32-34(35,36)29(46)23(15-41)53-32/h9,13,21-22,25-27,30,33,42,47H,3-8,10-12,14-19H2,1-2H3,(H,38,48)(H,49,50)(H,39,40,46,51);7,11,20-21,23-25,29,32,41,46H,3-6,8-10,12-18H2,1-2H3,(H,37,47)(H,48,49)(H,38,39,44,50)/t21?,22?,25-,26?,27?,30-,33-;20?,21?,23-,24?,25?,29-,32-/m00/s1. The predicted octanol–water partition coefficient (Wildman–Crippen LogP) is 3.18. The third kappa shape index (κ3) is 30.3. The maximum atomic E-state index is 14.4. The molecule has 110 heavy (non-hydrogen) atoms. The number of thioether (sulfide) groups is 4. The van der Waals surface area contributed by atoms with E-state index in [1.54, 1.807) is 35.3 Å². The number of carbonyl (C=O) groups is 12. The number of aliphatic hydroxyl groups is 4. The first-order chi connectivity index (χ1) is 52.1. The van der Waals surface area contributed by atoms with Gasteiger partial charge in [0.05, 0.1) is 63.8 Å². The molecule has 0 radical (unpaired) electrons. The van der Waals surface area contributed by atoms with Gasteiger partial charge in [0.2, 0.25) is 30.2 Å². The molecule has 2 aromatic rings. The zero-order valence-corrected chi connectivity index (χ0v) is 64.5. The van der Waals surface area contributed by atoms with Crippen molar-refractivity contribution in [3.8, 4) is 0 Å². The molecule has 4 aliphatic rings. The summed E-state index contributed by atoms with van der Waals surface area (Å²) in [6, 6.07) is 2.07. The number of halogens is 4. The van der Waals surface area contributed by atoms with E-state index in [4.69, 9.17) is 33.9 Å². The maximum Gasteiger partial charge on any atom is 0.351 e. The van der Waals surface area contributed by atoms with Crippen molar-refractivity contribution in [1.29, 1.82) is 0 Å². The Morgan fingerprint density at radius 2 is 0.927 bits per heavy atom.